The Kier molecular flexibility index (Phi) is 5.45. The molecule has 2 aromatic heterocycles. The van der Waals surface area contributed by atoms with Crippen molar-refractivity contribution >= 4 is 11.8 Å². The van der Waals surface area contributed by atoms with Crippen molar-refractivity contribution in [3.63, 3.8) is 0 Å². The van der Waals surface area contributed by atoms with E-state index in [2.05, 4.69) is 15.4 Å². The van der Waals surface area contributed by atoms with E-state index in [1.807, 2.05) is 0 Å². The van der Waals surface area contributed by atoms with Crippen LogP contribution in [0, 0.1) is 0 Å². The van der Waals surface area contributed by atoms with Crippen LogP contribution in [0.15, 0.2) is 60.9 Å². The van der Waals surface area contributed by atoms with Gasteiger partial charge in [-0.2, -0.15) is 18.3 Å². The summed E-state index contributed by atoms with van der Waals surface area (Å²) < 4.78 is 39.4. The molecule has 1 aliphatic heterocycles. The first-order valence-electron chi connectivity index (χ1n) is 9.56. The maximum atomic E-state index is 12.8. The first kappa shape index (κ1) is 20.6. The van der Waals surface area contributed by atoms with E-state index in [9.17, 15) is 22.8 Å². The van der Waals surface area contributed by atoms with Crippen molar-refractivity contribution in [2.75, 3.05) is 13.1 Å². The molecule has 1 atom stereocenters. The number of hydrogen-bond acceptors (Lipinski definition) is 4. The van der Waals surface area contributed by atoms with Crippen LogP contribution in [0.2, 0.25) is 0 Å². The van der Waals surface area contributed by atoms with Gasteiger partial charge in [-0.05, 0) is 42.8 Å². The number of aromatic nitrogens is 3. The second kappa shape index (κ2) is 8.21. The molecule has 1 unspecified atom stereocenters. The summed E-state index contributed by atoms with van der Waals surface area (Å²) in [7, 11) is 0. The Labute approximate surface area is 175 Å². The highest BCUT2D eigenvalue weighted by Gasteiger charge is 2.33. The number of carbonyl (C=O) groups is 2. The average molecular weight is 429 g/mol. The summed E-state index contributed by atoms with van der Waals surface area (Å²) in [5.41, 5.74) is -0.0387. The van der Waals surface area contributed by atoms with Gasteiger partial charge in [-0.3, -0.25) is 14.6 Å². The van der Waals surface area contributed by atoms with Crippen LogP contribution < -0.4 is 5.32 Å². The smallest absolute Gasteiger partial charge is 0.347 e. The third kappa shape index (κ3) is 4.57. The first-order valence-corrected chi connectivity index (χ1v) is 9.56. The zero-order valence-electron chi connectivity index (χ0n) is 16.2. The number of amides is 2. The number of likely N-dealkylation sites (tertiary alicyclic amines) is 1. The van der Waals surface area contributed by atoms with E-state index in [0.29, 0.717) is 30.9 Å². The molecule has 4 rings (SSSR count). The molecule has 1 aromatic carbocycles. The highest BCUT2D eigenvalue weighted by atomic mass is 19.4. The Balaban J connectivity index is 1.41. The van der Waals surface area contributed by atoms with Gasteiger partial charge in [0.2, 0.25) is 0 Å². The normalized spacial score (nSPS) is 16.4. The Morgan fingerprint density at radius 2 is 1.94 bits per heavy atom. The average Bonchev–Trinajstić information content (AvgIpc) is 3.44. The van der Waals surface area contributed by atoms with Crippen molar-refractivity contribution in [3.8, 4) is 5.69 Å². The molecule has 1 aliphatic rings. The van der Waals surface area contributed by atoms with E-state index in [1.165, 1.54) is 12.3 Å². The van der Waals surface area contributed by atoms with Crippen LogP contribution in [0.1, 0.15) is 33.0 Å². The number of pyridine rings is 1. The molecule has 31 heavy (non-hydrogen) atoms. The van der Waals surface area contributed by atoms with Crippen molar-refractivity contribution in [2.45, 2.75) is 18.6 Å². The predicted octanol–water partition coefficient (Wildman–Crippen LogP) is 2.93. The Morgan fingerprint density at radius 3 is 2.65 bits per heavy atom. The van der Waals surface area contributed by atoms with Gasteiger partial charge >= 0.3 is 6.18 Å². The lowest BCUT2D eigenvalue weighted by Crippen LogP contribution is -2.38. The highest BCUT2D eigenvalue weighted by Crippen LogP contribution is 2.28. The molecule has 1 N–H and O–H groups in total. The lowest BCUT2D eigenvalue weighted by Gasteiger charge is -2.17. The number of nitrogens with one attached hydrogen (secondary N) is 1. The number of carbonyl (C=O) groups excluding carboxylic acids is 2. The molecule has 0 spiro atoms. The fourth-order valence-electron chi connectivity index (χ4n) is 3.39. The molecule has 160 valence electrons. The van der Waals surface area contributed by atoms with E-state index >= 15 is 0 Å². The Hall–Kier alpha value is -3.69. The van der Waals surface area contributed by atoms with Crippen molar-refractivity contribution in [1.29, 1.82) is 0 Å². The van der Waals surface area contributed by atoms with Gasteiger partial charge in [0, 0.05) is 37.1 Å². The summed E-state index contributed by atoms with van der Waals surface area (Å²) in [4.78, 5) is 30.8. The molecule has 1 saturated heterocycles. The van der Waals surface area contributed by atoms with Gasteiger partial charge in [0.1, 0.15) is 5.69 Å². The molecular formula is C21H18F3N5O2. The SMILES string of the molecule is O=C(NC1CCN(C(=O)c2ccccn2)C1)c1cccc(-n2ccc(C(F)(F)F)n2)c1. The highest BCUT2D eigenvalue weighted by molar-refractivity contribution is 5.95. The third-order valence-corrected chi connectivity index (χ3v) is 4.95. The molecule has 0 aliphatic carbocycles. The molecule has 3 heterocycles. The molecule has 2 amide bonds. The maximum Gasteiger partial charge on any atom is 0.435 e. The minimum Gasteiger partial charge on any atom is -0.347 e. The number of benzene rings is 1. The van der Waals surface area contributed by atoms with Crippen LogP contribution in [-0.2, 0) is 6.18 Å². The zero-order chi connectivity index (χ0) is 22.0. The summed E-state index contributed by atoms with van der Waals surface area (Å²) in [6.07, 6.45) is -1.20. The van der Waals surface area contributed by atoms with Crippen molar-refractivity contribution in [2.24, 2.45) is 0 Å². The van der Waals surface area contributed by atoms with Gasteiger partial charge < -0.3 is 10.2 Å². The molecule has 0 saturated carbocycles. The quantitative estimate of drug-likeness (QED) is 0.692. The number of hydrogen-bond donors (Lipinski definition) is 1. The van der Waals surface area contributed by atoms with E-state index in [1.54, 1.807) is 47.5 Å². The van der Waals surface area contributed by atoms with Crippen LogP contribution in [0.4, 0.5) is 13.2 Å². The minimum absolute atomic E-state index is 0.196. The van der Waals surface area contributed by atoms with Crippen molar-refractivity contribution < 1.29 is 22.8 Å². The van der Waals surface area contributed by atoms with Gasteiger partial charge in [0.05, 0.1) is 5.69 Å². The molecule has 0 bridgehead atoms. The largest absolute Gasteiger partial charge is 0.435 e. The van der Waals surface area contributed by atoms with Crippen molar-refractivity contribution in [3.05, 3.63) is 77.9 Å². The Bertz CT molecular complexity index is 1100. The van der Waals surface area contributed by atoms with Gasteiger partial charge in [-0.15, -0.1) is 0 Å². The number of nitrogens with zero attached hydrogens (tertiary/aromatic N) is 4. The molecule has 7 nitrogen and oxygen atoms in total. The van der Waals surface area contributed by atoms with Crippen molar-refractivity contribution in [1.82, 2.24) is 25.0 Å². The van der Waals surface area contributed by atoms with E-state index < -0.39 is 11.9 Å². The summed E-state index contributed by atoms with van der Waals surface area (Å²) in [5.74, 6) is -0.569. The molecule has 3 aromatic rings. The Morgan fingerprint density at radius 1 is 1.10 bits per heavy atom. The van der Waals surface area contributed by atoms with Gasteiger partial charge in [-0.25, -0.2) is 4.68 Å². The summed E-state index contributed by atoms with van der Waals surface area (Å²) >= 11 is 0. The second-order valence-electron chi connectivity index (χ2n) is 7.12. The fourth-order valence-corrected chi connectivity index (χ4v) is 3.39. The zero-order valence-corrected chi connectivity index (χ0v) is 16.2. The van der Waals surface area contributed by atoms with Crippen LogP contribution in [0.3, 0.4) is 0 Å². The summed E-state index contributed by atoms with van der Waals surface area (Å²) in [5, 5.41) is 6.40. The monoisotopic (exact) mass is 429 g/mol. The molecule has 0 radical (unpaired) electrons. The number of halogens is 3. The molecule has 10 heteroatoms. The van der Waals surface area contributed by atoms with Crippen LogP contribution >= 0.6 is 0 Å². The van der Waals surface area contributed by atoms with Crippen LogP contribution in [0.5, 0.6) is 0 Å². The predicted molar refractivity (Wildman–Crippen MR) is 105 cm³/mol. The molecule has 1 fully saturated rings. The van der Waals surface area contributed by atoms with E-state index in [0.717, 1.165) is 10.7 Å². The second-order valence-corrected chi connectivity index (χ2v) is 7.12. The van der Waals surface area contributed by atoms with Crippen LogP contribution in [-0.4, -0.2) is 50.6 Å². The summed E-state index contributed by atoms with van der Waals surface area (Å²) in [6.45, 7) is 0.850. The van der Waals surface area contributed by atoms with Gasteiger partial charge in [0.25, 0.3) is 11.8 Å². The lowest BCUT2D eigenvalue weighted by atomic mass is 10.1. The standard InChI is InChI=1S/C21H18F3N5O2/c22-21(23,24)18-8-11-29(27-18)16-5-3-4-14(12-16)19(30)26-15-7-10-28(13-15)20(31)17-6-1-2-9-25-17/h1-6,8-9,11-12,15H,7,10,13H2,(H,26,30). The number of rotatable bonds is 4. The van der Waals surface area contributed by atoms with Gasteiger partial charge in [-0.1, -0.05) is 12.1 Å². The van der Waals surface area contributed by atoms with E-state index in [-0.39, 0.29) is 23.4 Å². The fraction of sp³-hybridized carbons (Fsp3) is 0.238. The maximum absolute atomic E-state index is 12.8. The minimum atomic E-state index is -4.54. The topological polar surface area (TPSA) is 80.1 Å². The van der Waals surface area contributed by atoms with E-state index in [4.69, 9.17) is 0 Å². The molecular weight excluding hydrogens is 411 g/mol. The summed E-state index contributed by atoms with van der Waals surface area (Å²) in [6, 6.07) is 11.9. The lowest BCUT2D eigenvalue weighted by molar-refractivity contribution is -0.141. The number of alkyl halides is 3. The van der Waals surface area contributed by atoms with Gasteiger partial charge in [0.15, 0.2) is 5.69 Å². The first-order chi connectivity index (χ1) is 14.8. The van der Waals surface area contributed by atoms with Crippen LogP contribution in [0.25, 0.3) is 5.69 Å². The third-order valence-electron chi connectivity index (χ3n) is 4.95.